The highest BCUT2D eigenvalue weighted by Crippen LogP contribution is 2.32. The molecule has 1 aliphatic rings. The van der Waals surface area contributed by atoms with E-state index in [2.05, 4.69) is 47.3 Å². The van der Waals surface area contributed by atoms with E-state index in [9.17, 15) is 0 Å². The van der Waals surface area contributed by atoms with Crippen LogP contribution in [0.1, 0.15) is 42.0 Å². The Morgan fingerprint density at radius 2 is 2.05 bits per heavy atom. The Balaban J connectivity index is 1.63. The number of rotatable bonds is 6. The summed E-state index contributed by atoms with van der Waals surface area (Å²) in [5.41, 5.74) is 0. The molecule has 108 valence electrons. The van der Waals surface area contributed by atoms with Crippen molar-refractivity contribution in [1.29, 1.82) is 0 Å². The molecule has 0 amide bonds. The summed E-state index contributed by atoms with van der Waals surface area (Å²) in [6.45, 7) is 3.59. The van der Waals surface area contributed by atoms with Crippen molar-refractivity contribution in [3.05, 3.63) is 44.8 Å². The van der Waals surface area contributed by atoms with Crippen LogP contribution in [-0.2, 0) is 6.42 Å². The largest absolute Gasteiger partial charge is 0.309 e. The van der Waals surface area contributed by atoms with E-state index in [-0.39, 0.29) is 0 Å². The zero-order chi connectivity index (χ0) is 13.8. The number of hydrogen-bond acceptors (Lipinski definition) is 3. The van der Waals surface area contributed by atoms with E-state index in [1.807, 2.05) is 22.7 Å². The maximum absolute atomic E-state index is 3.85. The maximum atomic E-state index is 3.85. The van der Waals surface area contributed by atoms with Crippen molar-refractivity contribution in [3.8, 4) is 0 Å². The molecule has 1 fully saturated rings. The smallest absolute Gasteiger partial charge is 0.0463 e. The molecule has 1 N–H and O–H groups in total. The Morgan fingerprint density at radius 1 is 1.20 bits per heavy atom. The van der Waals surface area contributed by atoms with E-state index in [1.165, 1.54) is 35.6 Å². The van der Waals surface area contributed by atoms with Crippen molar-refractivity contribution in [3.63, 3.8) is 0 Å². The van der Waals surface area contributed by atoms with Crippen molar-refractivity contribution < 1.29 is 0 Å². The molecule has 1 aliphatic carbocycles. The van der Waals surface area contributed by atoms with Gasteiger partial charge in [-0.3, -0.25) is 0 Å². The molecule has 0 radical (unpaired) electrons. The third-order valence-electron chi connectivity index (χ3n) is 4.54. The van der Waals surface area contributed by atoms with E-state index in [1.54, 1.807) is 0 Å². The molecule has 1 saturated carbocycles. The molecule has 2 heterocycles. The first-order valence-corrected chi connectivity index (χ1v) is 9.38. The predicted octanol–water partition coefficient (Wildman–Crippen LogP) is 5.12. The van der Waals surface area contributed by atoms with Crippen LogP contribution in [0, 0.1) is 11.8 Å². The van der Waals surface area contributed by atoms with Gasteiger partial charge in [-0.15, -0.1) is 22.7 Å². The lowest BCUT2D eigenvalue weighted by atomic mass is 9.97. The Morgan fingerprint density at radius 3 is 2.70 bits per heavy atom. The average molecular weight is 306 g/mol. The van der Waals surface area contributed by atoms with Crippen LogP contribution < -0.4 is 5.32 Å². The Kier molecular flexibility index (Phi) is 4.92. The zero-order valence-electron chi connectivity index (χ0n) is 12.0. The van der Waals surface area contributed by atoms with E-state index in [4.69, 9.17) is 0 Å². The molecule has 0 bridgehead atoms. The summed E-state index contributed by atoms with van der Waals surface area (Å²) < 4.78 is 0. The van der Waals surface area contributed by atoms with Gasteiger partial charge in [0.05, 0.1) is 0 Å². The van der Waals surface area contributed by atoms with Gasteiger partial charge in [-0.25, -0.2) is 0 Å². The molecule has 20 heavy (non-hydrogen) atoms. The van der Waals surface area contributed by atoms with E-state index >= 15 is 0 Å². The molecule has 0 aliphatic heterocycles. The minimum Gasteiger partial charge on any atom is -0.309 e. The molecule has 1 nitrogen and oxygen atoms in total. The Bertz CT molecular complexity index is 489. The fourth-order valence-corrected chi connectivity index (χ4v) is 4.77. The lowest BCUT2D eigenvalue weighted by molar-refractivity contribution is 0.369. The van der Waals surface area contributed by atoms with Gasteiger partial charge >= 0.3 is 0 Å². The fraction of sp³-hybridized carbons (Fsp3) is 0.529. The maximum Gasteiger partial charge on any atom is 0.0463 e. The minimum absolute atomic E-state index is 0.487. The van der Waals surface area contributed by atoms with E-state index in [0.29, 0.717) is 6.04 Å². The second-order valence-corrected chi connectivity index (χ2v) is 7.94. The normalized spacial score (nSPS) is 24.1. The molecular weight excluding hydrogens is 282 g/mol. The summed E-state index contributed by atoms with van der Waals surface area (Å²) in [6.07, 6.45) is 5.37. The molecule has 2 aromatic rings. The average Bonchev–Trinajstić information content (AvgIpc) is 3.18. The fourth-order valence-electron chi connectivity index (χ4n) is 3.21. The highest BCUT2D eigenvalue weighted by atomic mass is 32.1. The van der Waals surface area contributed by atoms with Crippen molar-refractivity contribution in [1.82, 2.24) is 5.32 Å². The lowest BCUT2D eigenvalue weighted by Gasteiger charge is -2.22. The standard InChI is InChI=1S/C17H23NS2/c1-13-5-2-6-14(13)12-18-16(17-8-4-10-20-17)11-15-7-3-9-19-15/h3-4,7-10,13-14,16,18H,2,5-6,11-12H2,1H3. The summed E-state index contributed by atoms with van der Waals surface area (Å²) in [5.74, 6) is 1.77. The van der Waals surface area contributed by atoms with Crippen molar-refractivity contribution in [2.24, 2.45) is 11.8 Å². The Labute approximate surface area is 130 Å². The molecule has 0 spiro atoms. The van der Waals surface area contributed by atoms with Crippen LogP contribution in [0.2, 0.25) is 0 Å². The molecule has 3 rings (SSSR count). The van der Waals surface area contributed by atoms with Crippen molar-refractivity contribution in [2.45, 2.75) is 38.6 Å². The second kappa shape index (κ2) is 6.88. The summed E-state index contributed by atoms with van der Waals surface area (Å²) in [5, 5.41) is 8.22. The summed E-state index contributed by atoms with van der Waals surface area (Å²) in [6, 6.07) is 9.34. The molecule has 3 atom stereocenters. The van der Waals surface area contributed by atoms with Gasteiger partial charge in [0.25, 0.3) is 0 Å². The topological polar surface area (TPSA) is 12.0 Å². The molecule has 2 aromatic heterocycles. The van der Waals surface area contributed by atoms with Crippen LogP contribution in [0.25, 0.3) is 0 Å². The molecule has 3 unspecified atom stereocenters. The minimum atomic E-state index is 0.487. The first-order chi connectivity index (χ1) is 9.83. The lowest BCUT2D eigenvalue weighted by Crippen LogP contribution is -2.29. The van der Waals surface area contributed by atoms with Gasteiger partial charge in [-0.05, 0) is 47.7 Å². The highest BCUT2D eigenvalue weighted by molar-refractivity contribution is 7.10. The highest BCUT2D eigenvalue weighted by Gasteiger charge is 2.24. The van der Waals surface area contributed by atoms with Crippen LogP contribution in [-0.4, -0.2) is 6.54 Å². The van der Waals surface area contributed by atoms with Crippen molar-refractivity contribution >= 4 is 22.7 Å². The van der Waals surface area contributed by atoms with Gasteiger partial charge in [-0.1, -0.05) is 31.9 Å². The molecule has 0 saturated heterocycles. The predicted molar refractivity (Wildman–Crippen MR) is 89.6 cm³/mol. The van der Waals surface area contributed by atoms with Crippen LogP contribution in [0.5, 0.6) is 0 Å². The zero-order valence-corrected chi connectivity index (χ0v) is 13.7. The van der Waals surface area contributed by atoms with Gasteiger partial charge in [0.15, 0.2) is 0 Å². The SMILES string of the molecule is CC1CCCC1CNC(Cc1cccs1)c1cccs1. The van der Waals surface area contributed by atoms with Crippen LogP contribution in [0.15, 0.2) is 35.0 Å². The van der Waals surface area contributed by atoms with Gasteiger partial charge < -0.3 is 5.32 Å². The first-order valence-electron chi connectivity index (χ1n) is 7.62. The Hall–Kier alpha value is -0.640. The number of thiophene rings is 2. The number of nitrogens with one attached hydrogen (secondary N) is 1. The van der Waals surface area contributed by atoms with Crippen LogP contribution in [0.4, 0.5) is 0 Å². The van der Waals surface area contributed by atoms with E-state index in [0.717, 1.165) is 18.3 Å². The van der Waals surface area contributed by atoms with Gasteiger partial charge in [0, 0.05) is 22.2 Å². The van der Waals surface area contributed by atoms with Gasteiger partial charge in [0.2, 0.25) is 0 Å². The van der Waals surface area contributed by atoms with Gasteiger partial charge in [-0.2, -0.15) is 0 Å². The summed E-state index contributed by atoms with van der Waals surface area (Å²) >= 11 is 3.75. The number of hydrogen-bond donors (Lipinski definition) is 1. The van der Waals surface area contributed by atoms with Crippen LogP contribution >= 0.6 is 22.7 Å². The van der Waals surface area contributed by atoms with Crippen molar-refractivity contribution in [2.75, 3.05) is 6.54 Å². The quantitative estimate of drug-likeness (QED) is 0.781. The summed E-state index contributed by atoms with van der Waals surface area (Å²) in [4.78, 5) is 2.96. The van der Waals surface area contributed by atoms with E-state index < -0.39 is 0 Å². The molecular formula is C17H23NS2. The van der Waals surface area contributed by atoms with Crippen LogP contribution in [0.3, 0.4) is 0 Å². The third-order valence-corrected chi connectivity index (χ3v) is 6.42. The summed E-state index contributed by atoms with van der Waals surface area (Å²) in [7, 11) is 0. The molecule has 0 aromatic carbocycles. The third kappa shape index (κ3) is 3.51. The second-order valence-electron chi connectivity index (χ2n) is 5.93. The molecule has 3 heteroatoms. The first kappa shape index (κ1) is 14.3. The van der Waals surface area contributed by atoms with Gasteiger partial charge in [0.1, 0.15) is 0 Å². The monoisotopic (exact) mass is 305 g/mol.